The molecule has 3 aromatic rings. The highest BCUT2D eigenvalue weighted by molar-refractivity contribution is 7.99. The molecule has 0 radical (unpaired) electrons. The Hall–Kier alpha value is -2.81. The Labute approximate surface area is 152 Å². The number of Topliss-reactive ketones (excluding diaryl/α,β-unsaturated/α-hetero) is 1. The van der Waals surface area contributed by atoms with Crippen LogP contribution in [-0.4, -0.2) is 26.1 Å². The number of aromatic nitrogens is 3. The van der Waals surface area contributed by atoms with E-state index < -0.39 is 17.0 Å². The summed E-state index contributed by atoms with van der Waals surface area (Å²) in [6.45, 7) is 4.11. The van der Waals surface area contributed by atoms with Gasteiger partial charge in [0, 0.05) is 6.54 Å². The van der Waals surface area contributed by atoms with E-state index in [0.29, 0.717) is 22.9 Å². The lowest BCUT2D eigenvalue weighted by Crippen LogP contribution is -2.37. The molecular formula is C17H18N4O4S. The molecule has 0 amide bonds. The van der Waals surface area contributed by atoms with E-state index in [1.807, 2.05) is 26.0 Å². The molecule has 0 aliphatic heterocycles. The van der Waals surface area contributed by atoms with Crippen LogP contribution in [-0.2, 0) is 6.54 Å². The maximum Gasteiger partial charge on any atom is 0.329 e. The van der Waals surface area contributed by atoms with Crippen molar-refractivity contribution in [3.05, 3.63) is 50.7 Å². The summed E-state index contributed by atoms with van der Waals surface area (Å²) in [5.41, 5.74) is 5.62. The van der Waals surface area contributed by atoms with Crippen molar-refractivity contribution in [3.63, 3.8) is 0 Å². The van der Waals surface area contributed by atoms with Crippen molar-refractivity contribution in [1.29, 1.82) is 0 Å². The number of fused-ring (bicyclic) bond motifs is 1. The topological polar surface area (TPSA) is 124 Å². The first kappa shape index (κ1) is 18.0. The number of thioether (sulfide) groups is 1. The third-order valence-electron chi connectivity index (χ3n) is 3.67. The van der Waals surface area contributed by atoms with E-state index >= 15 is 0 Å². The first-order chi connectivity index (χ1) is 12.4. The number of hydrogen-bond acceptors (Lipinski definition) is 7. The number of nitrogens with two attached hydrogens (primary N) is 1. The molecule has 0 spiro atoms. The molecule has 2 heterocycles. The number of nitrogen functional groups attached to an aromatic ring is 1. The van der Waals surface area contributed by atoms with Gasteiger partial charge in [-0.15, -0.1) is 0 Å². The lowest BCUT2D eigenvalue weighted by atomic mass is 10.2. The number of oxazole rings is 1. The third-order valence-corrected chi connectivity index (χ3v) is 4.50. The van der Waals surface area contributed by atoms with Gasteiger partial charge in [-0.1, -0.05) is 37.7 Å². The second-order valence-corrected chi connectivity index (χ2v) is 7.11. The summed E-state index contributed by atoms with van der Waals surface area (Å²) in [6, 6.07) is 7.24. The maximum absolute atomic E-state index is 12.5. The maximum atomic E-state index is 12.5. The molecule has 136 valence electrons. The Morgan fingerprint density at radius 1 is 1.35 bits per heavy atom. The minimum absolute atomic E-state index is 0.0833. The molecular weight excluding hydrogens is 356 g/mol. The Morgan fingerprint density at radius 3 is 2.77 bits per heavy atom. The fourth-order valence-corrected chi connectivity index (χ4v) is 3.23. The molecule has 0 aliphatic carbocycles. The summed E-state index contributed by atoms with van der Waals surface area (Å²) in [4.78, 5) is 43.0. The number of hydrogen-bond donors (Lipinski definition) is 2. The average molecular weight is 374 g/mol. The first-order valence-corrected chi connectivity index (χ1v) is 8.99. The van der Waals surface area contributed by atoms with Gasteiger partial charge in [-0.25, -0.2) is 9.78 Å². The number of H-pyrrole nitrogens is 1. The molecule has 8 nitrogen and oxygen atoms in total. The van der Waals surface area contributed by atoms with Gasteiger partial charge in [0.05, 0.1) is 5.75 Å². The molecule has 0 bridgehead atoms. The van der Waals surface area contributed by atoms with Gasteiger partial charge in [0.2, 0.25) is 0 Å². The number of carbonyl (C=O) groups excluding carboxylic acids is 1. The Kier molecular flexibility index (Phi) is 4.99. The molecule has 26 heavy (non-hydrogen) atoms. The molecule has 0 unspecified atom stereocenters. The minimum Gasteiger partial charge on any atom is -0.431 e. The highest BCUT2D eigenvalue weighted by Gasteiger charge is 2.20. The van der Waals surface area contributed by atoms with Gasteiger partial charge in [0.25, 0.3) is 10.8 Å². The summed E-state index contributed by atoms with van der Waals surface area (Å²) in [7, 11) is 0. The number of para-hydroxylation sites is 2. The van der Waals surface area contributed by atoms with Crippen molar-refractivity contribution >= 4 is 34.5 Å². The van der Waals surface area contributed by atoms with Crippen LogP contribution in [0, 0.1) is 5.92 Å². The molecule has 9 heteroatoms. The van der Waals surface area contributed by atoms with Crippen molar-refractivity contribution in [3.8, 4) is 0 Å². The molecule has 1 aromatic carbocycles. The summed E-state index contributed by atoms with van der Waals surface area (Å²) in [5, 5.41) is 0.324. The zero-order valence-electron chi connectivity index (χ0n) is 14.3. The van der Waals surface area contributed by atoms with Crippen LogP contribution in [0.15, 0.2) is 43.5 Å². The van der Waals surface area contributed by atoms with E-state index in [9.17, 15) is 14.4 Å². The lowest BCUT2D eigenvalue weighted by molar-refractivity contribution is 0.102. The van der Waals surface area contributed by atoms with Crippen LogP contribution in [0.1, 0.15) is 24.2 Å². The molecule has 0 aliphatic rings. The summed E-state index contributed by atoms with van der Waals surface area (Å²) in [5.74, 6) is -0.568. The van der Waals surface area contributed by atoms with Crippen LogP contribution in [0.25, 0.3) is 11.1 Å². The van der Waals surface area contributed by atoms with Crippen molar-refractivity contribution in [2.45, 2.75) is 25.6 Å². The molecule has 0 fully saturated rings. The van der Waals surface area contributed by atoms with Crippen molar-refractivity contribution < 1.29 is 9.21 Å². The van der Waals surface area contributed by atoms with Gasteiger partial charge in [0.15, 0.2) is 11.4 Å². The van der Waals surface area contributed by atoms with Crippen molar-refractivity contribution in [2.24, 2.45) is 5.92 Å². The standard InChI is InChI=1S/C17H18N4O4S/c1-9(2)7-21-14(18)13(15(23)20-16(21)24)11(22)8-26-17-19-10-5-3-4-6-12(10)25-17/h3-6,9H,7-8,18H2,1-2H3,(H,20,23,24). The van der Waals surface area contributed by atoms with Gasteiger partial charge in [-0.05, 0) is 18.1 Å². The summed E-state index contributed by atoms with van der Waals surface area (Å²) in [6.07, 6.45) is 0. The van der Waals surface area contributed by atoms with Gasteiger partial charge < -0.3 is 10.2 Å². The van der Waals surface area contributed by atoms with Crippen LogP contribution < -0.4 is 17.0 Å². The van der Waals surface area contributed by atoms with Crippen LogP contribution in [0.5, 0.6) is 0 Å². The van der Waals surface area contributed by atoms with Crippen LogP contribution >= 0.6 is 11.8 Å². The zero-order valence-corrected chi connectivity index (χ0v) is 15.1. The van der Waals surface area contributed by atoms with Crippen molar-refractivity contribution in [1.82, 2.24) is 14.5 Å². The Balaban J connectivity index is 1.85. The van der Waals surface area contributed by atoms with E-state index in [2.05, 4.69) is 9.97 Å². The predicted octanol–water partition coefficient (Wildman–Crippen LogP) is 1.89. The van der Waals surface area contributed by atoms with Crippen LogP contribution in [0.3, 0.4) is 0 Å². The van der Waals surface area contributed by atoms with Gasteiger partial charge >= 0.3 is 5.69 Å². The Morgan fingerprint density at radius 2 is 2.08 bits per heavy atom. The largest absolute Gasteiger partial charge is 0.431 e. The van der Waals surface area contributed by atoms with E-state index in [4.69, 9.17) is 10.2 Å². The summed E-state index contributed by atoms with van der Waals surface area (Å²) >= 11 is 1.07. The van der Waals surface area contributed by atoms with E-state index in [1.165, 1.54) is 4.57 Å². The number of ketones is 1. The van der Waals surface area contributed by atoms with E-state index in [1.54, 1.807) is 12.1 Å². The van der Waals surface area contributed by atoms with Crippen molar-refractivity contribution in [2.75, 3.05) is 11.5 Å². The first-order valence-electron chi connectivity index (χ1n) is 8.01. The molecule has 0 atom stereocenters. The minimum atomic E-state index is -0.782. The quantitative estimate of drug-likeness (QED) is 0.499. The number of nitrogens with one attached hydrogen (secondary N) is 1. The van der Waals surface area contributed by atoms with Crippen LogP contribution in [0.2, 0.25) is 0 Å². The third kappa shape index (κ3) is 3.57. The highest BCUT2D eigenvalue weighted by atomic mass is 32.2. The molecule has 0 saturated heterocycles. The number of nitrogens with zero attached hydrogens (tertiary/aromatic N) is 2. The number of benzene rings is 1. The van der Waals surface area contributed by atoms with Gasteiger partial charge in [0.1, 0.15) is 16.9 Å². The second kappa shape index (κ2) is 7.20. The van der Waals surface area contributed by atoms with Crippen LogP contribution in [0.4, 0.5) is 5.82 Å². The molecule has 2 aromatic heterocycles. The normalized spacial score (nSPS) is 11.3. The fraction of sp³-hybridized carbons (Fsp3) is 0.294. The average Bonchev–Trinajstić information content (AvgIpc) is 2.99. The number of aromatic amines is 1. The number of carbonyl (C=O) groups is 1. The van der Waals surface area contributed by atoms with Gasteiger partial charge in [-0.2, -0.15) is 0 Å². The fourth-order valence-electron chi connectivity index (χ4n) is 2.52. The SMILES string of the molecule is CC(C)Cn1c(N)c(C(=O)CSc2nc3ccccc3o2)c(=O)[nH]c1=O. The van der Waals surface area contributed by atoms with E-state index in [-0.39, 0.29) is 23.1 Å². The predicted molar refractivity (Wildman–Crippen MR) is 99.6 cm³/mol. The number of rotatable bonds is 6. The zero-order chi connectivity index (χ0) is 18.8. The second-order valence-electron chi connectivity index (χ2n) is 6.18. The molecule has 0 saturated carbocycles. The smallest absolute Gasteiger partial charge is 0.329 e. The summed E-state index contributed by atoms with van der Waals surface area (Å²) < 4.78 is 6.75. The molecule has 3 rings (SSSR count). The van der Waals surface area contributed by atoms with E-state index in [0.717, 1.165) is 11.8 Å². The monoisotopic (exact) mass is 374 g/mol. The number of anilines is 1. The highest BCUT2D eigenvalue weighted by Crippen LogP contribution is 2.24. The van der Waals surface area contributed by atoms with Gasteiger partial charge in [-0.3, -0.25) is 19.1 Å². The lowest BCUT2D eigenvalue weighted by Gasteiger charge is -2.13. The molecule has 3 N–H and O–H groups in total. The Bertz CT molecular complexity index is 1050.